The molecule has 0 aliphatic carbocycles. The average Bonchev–Trinajstić information content (AvgIpc) is 2.60. The molecule has 1 aromatic heterocycles. The van der Waals surface area contributed by atoms with Crippen LogP contribution < -0.4 is 9.64 Å². The topological polar surface area (TPSA) is 25.4 Å². The van der Waals surface area contributed by atoms with Gasteiger partial charge in [-0.25, -0.2) is 4.98 Å². The van der Waals surface area contributed by atoms with Crippen molar-refractivity contribution in [2.75, 3.05) is 18.1 Å². The smallest absolute Gasteiger partial charge is 0.143 e. The van der Waals surface area contributed by atoms with Crippen LogP contribution in [0.1, 0.15) is 11.1 Å². The zero-order valence-electron chi connectivity index (χ0n) is 10.8. The minimum absolute atomic E-state index is 0.680. The van der Waals surface area contributed by atoms with Gasteiger partial charge in [0.15, 0.2) is 0 Å². The van der Waals surface area contributed by atoms with Crippen molar-refractivity contribution in [3.05, 3.63) is 52.1 Å². The molecule has 4 heteroatoms. The average molecular weight is 319 g/mol. The molecule has 0 saturated heterocycles. The highest BCUT2D eigenvalue weighted by molar-refractivity contribution is 9.10. The Bertz CT molecular complexity index is 600. The maximum Gasteiger partial charge on any atom is 0.143 e. The fourth-order valence-corrected chi connectivity index (χ4v) is 2.98. The quantitative estimate of drug-likeness (QED) is 0.804. The molecule has 2 heterocycles. The van der Waals surface area contributed by atoms with Crippen LogP contribution in [0.25, 0.3) is 0 Å². The van der Waals surface area contributed by atoms with Gasteiger partial charge in [0.25, 0.3) is 0 Å². The standard InChI is InChI=1S/C15H15BrN2O/c1-11-8-13(16)15(17-9-11)18-6-7-19-14-5-3-2-4-12(14)10-18/h2-5,8-9H,6-7,10H2,1H3. The summed E-state index contributed by atoms with van der Waals surface area (Å²) in [6.45, 7) is 4.38. The van der Waals surface area contributed by atoms with Crippen LogP contribution in [0.3, 0.4) is 0 Å². The molecule has 1 aliphatic rings. The van der Waals surface area contributed by atoms with Crippen LogP contribution in [0.15, 0.2) is 41.0 Å². The molecule has 0 amide bonds. The van der Waals surface area contributed by atoms with E-state index in [2.05, 4.69) is 37.9 Å². The fraction of sp³-hybridized carbons (Fsp3) is 0.267. The van der Waals surface area contributed by atoms with Gasteiger partial charge >= 0.3 is 0 Å². The summed E-state index contributed by atoms with van der Waals surface area (Å²) in [7, 11) is 0. The minimum Gasteiger partial charge on any atom is -0.491 e. The number of hydrogen-bond acceptors (Lipinski definition) is 3. The Hall–Kier alpha value is -1.55. The molecule has 0 radical (unpaired) electrons. The van der Waals surface area contributed by atoms with Crippen molar-refractivity contribution in [3.63, 3.8) is 0 Å². The largest absolute Gasteiger partial charge is 0.491 e. The predicted molar refractivity (Wildman–Crippen MR) is 79.7 cm³/mol. The van der Waals surface area contributed by atoms with Crippen molar-refractivity contribution >= 4 is 21.7 Å². The minimum atomic E-state index is 0.680. The number of halogens is 1. The summed E-state index contributed by atoms with van der Waals surface area (Å²) in [6.07, 6.45) is 1.90. The van der Waals surface area contributed by atoms with E-state index in [0.29, 0.717) is 6.61 Å². The van der Waals surface area contributed by atoms with Crippen LogP contribution in [0.5, 0.6) is 5.75 Å². The molecular weight excluding hydrogens is 304 g/mol. The van der Waals surface area contributed by atoms with Gasteiger partial charge in [0.2, 0.25) is 0 Å². The maximum absolute atomic E-state index is 5.78. The first-order valence-corrected chi connectivity index (χ1v) is 7.11. The third kappa shape index (κ3) is 2.59. The molecule has 0 saturated carbocycles. The van der Waals surface area contributed by atoms with Crippen molar-refractivity contribution in [1.29, 1.82) is 0 Å². The van der Waals surface area contributed by atoms with E-state index in [0.717, 1.165) is 34.7 Å². The van der Waals surface area contributed by atoms with Crippen LogP contribution in [0.2, 0.25) is 0 Å². The van der Waals surface area contributed by atoms with Crippen molar-refractivity contribution in [3.8, 4) is 5.75 Å². The molecule has 0 fully saturated rings. The third-order valence-corrected chi connectivity index (χ3v) is 3.79. The van der Waals surface area contributed by atoms with E-state index in [1.165, 1.54) is 5.56 Å². The number of fused-ring (bicyclic) bond motifs is 1. The SMILES string of the molecule is Cc1cnc(N2CCOc3ccccc3C2)c(Br)c1. The summed E-state index contributed by atoms with van der Waals surface area (Å²) < 4.78 is 6.81. The second kappa shape index (κ2) is 5.21. The number of hydrogen-bond donors (Lipinski definition) is 0. The van der Waals surface area contributed by atoms with Crippen molar-refractivity contribution < 1.29 is 4.74 Å². The molecule has 19 heavy (non-hydrogen) atoms. The van der Waals surface area contributed by atoms with Crippen LogP contribution in [0, 0.1) is 6.92 Å². The Morgan fingerprint density at radius 2 is 2.16 bits per heavy atom. The maximum atomic E-state index is 5.78. The van der Waals surface area contributed by atoms with Gasteiger partial charge in [0.1, 0.15) is 18.2 Å². The molecule has 0 N–H and O–H groups in total. The number of aryl methyl sites for hydroxylation is 1. The Balaban J connectivity index is 1.94. The number of aromatic nitrogens is 1. The number of rotatable bonds is 1. The molecule has 0 atom stereocenters. The van der Waals surface area contributed by atoms with Crippen molar-refractivity contribution in [1.82, 2.24) is 4.98 Å². The Kier molecular flexibility index (Phi) is 3.42. The zero-order valence-corrected chi connectivity index (χ0v) is 12.4. The van der Waals surface area contributed by atoms with Gasteiger partial charge in [-0.15, -0.1) is 0 Å². The summed E-state index contributed by atoms with van der Waals surface area (Å²) in [6, 6.07) is 10.3. The Labute approximate surface area is 121 Å². The zero-order chi connectivity index (χ0) is 13.2. The molecular formula is C15H15BrN2O. The van der Waals surface area contributed by atoms with E-state index in [9.17, 15) is 0 Å². The Morgan fingerprint density at radius 3 is 3.00 bits per heavy atom. The van der Waals surface area contributed by atoms with Crippen LogP contribution in [-0.4, -0.2) is 18.1 Å². The van der Waals surface area contributed by atoms with E-state index < -0.39 is 0 Å². The summed E-state index contributed by atoms with van der Waals surface area (Å²) in [5.41, 5.74) is 2.36. The lowest BCUT2D eigenvalue weighted by atomic mass is 10.2. The molecule has 2 aromatic rings. The first kappa shape index (κ1) is 12.5. The number of ether oxygens (including phenoxy) is 1. The summed E-state index contributed by atoms with van der Waals surface area (Å²) >= 11 is 3.60. The number of anilines is 1. The van der Waals surface area contributed by atoms with Gasteiger partial charge < -0.3 is 9.64 Å². The second-order valence-corrected chi connectivity index (χ2v) is 5.55. The number of benzene rings is 1. The summed E-state index contributed by atoms with van der Waals surface area (Å²) in [4.78, 5) is 6.78. The normalized spacial score (nSPS) is 14.5. The second-order valence-electron chi connectivity index (χ2n) is 4.70. The molecule has 0 unspecified atom stereocenters. The van der Waals surface area contributed by atoms with E-state index in [-0.39, 0.29) is 0 Å². The molecule has 1 aromatic carbocycles. The number of para-hydroxylation sites is 1. The lowest BCUT2D eigenvalue weighted by molar-refractivity contribution is 0.331. The lowest BCUT2D eigenvalue weighted by Crippen LogP contribution is -2.26. The number of nitrogens with zero attached hydrogens (tertiary/aromatic N) is 2. The fourth-order valence-electron chi connectivity index (χ4n) is 2.27. The Morgan fingerprint density at radius 1 is 1.32 bits per heavy atom. The summed E-state index contributed by atoms with van der Waals surface area (Å²) in [5, 5.41) is 0. The highest BCUT2D eigenvalue weighted by atomic mass is 79.9. The van der Waals surface area contributed by atoms with Crippen molar-refractivity contribution in [2.45, 2.75) is 13.5 Å². The van der Waals surface area contributed by atoms with Crippen molar-refractivity contribution in [2.24, 2.45) is 0 Å². The molecule has 98 valence electrons. The van der Waals surface area contributed by atoms with Gasteiger partial charge in [-0.1, -0.05) is 18.2 Å². The van der Waals surface area contributed by atoms with E-state index in [1.54, 1.807) is 0 Å². The first-order valence-electron chi connectivity index (χ1n) is 6.32. The first-order chi connectivity index (χ1) is 9.24. The van der Waals surface area contributed by atoms with Gasteiger partial charge in [-0.2, -0.15) is 0 Å². The van der Waals surface area contributed by atoms with Crippen LogP contribution in [0.4, 0.5) is 5.82 Å². The van der Waals surface area contributed by atoms with E-state index >= 15 is 0 Å². The molecule has 1 aliphatic heterocycles. The molecule has 3 nitrogen and oxygen atoms in total. The van der Waals surface area contributed by atoms with Gasteiger partial charge in [0.05, 0.1) is 11.0 Å². The van der Waals surface area contributed by atoms with Crippen LogP contribution >= 0.6 is 15.9 Å². The molecule has 0 spiro atoms. The number of pyridine rings is 1. The summed E-state index contributed by atoms with van der Waals surface area (Å²) in [5.74, 6) is 1.96. The van der Waals surface area contributed by atoms with Gasteiger partial charge in [0, 0.05) is 18.3 Å². The van der Waals surface area contributed by atoms with Gasteiger partial charge in [-0.3, -0.25) is 0 Å². The molecule has 3 rings (SSSR count). The lowest BCUT2D eigenvalue weighted by Gasteiger charge is -2.22. The molecule has 0 bridgehead atoms. The van der Waals surface area contributed by atoms with Gasteiger partial charge in [-0.05, 0) is 40.5 Å². The van der Waals surface area contributed by atoms with E-state index in [4.69, 9.17) is 4.74 Å². The highest BCUT2D eigenvalue weighted by Gasteiger charge is 2.18. The predicted octanol–water partition coefficient (Wildman–Crippen LogP) is 3.55. The highest BCUT2D eigenvalue weighted by Crippen LogP contribution is 2.29. The van der Waals surface area contributed by atoms with E-state index in [1.807, 2.05) is 31.3 Å². The monoisotopic (exact) mass is 318 g/mol. The third-order valence-electron chi connectivity index (χ3n) is 3.21. The van der Waals surface area contributed by atoms with Crippen LogP contribution in [-0.2, 0) is 6.54 Å².